The van der Waals surface area contributed by atoms with Crippen molar-refractivity contribution in [2.24, 2.45) is 0 Å². The smallest absolute Gasteiger partial charge is 0.416 e. The molecule has 10 nitrogen and oxygen atoms in total. The molecule has 3 heterocycles. The van der Waals surface area contributed by atoms with E-state index in [9.17, 15) is 22.8 Å². The van der Waals surface area contributed by atoms with Crippen LogP contribution in [0.4, 0.5) is 18.9 Å². The maximum atomic E-state index is 14.1. The molecule has 3 aromatic carbocycles. The number of hydrogen-bond donors (Lipinski definition) is 3. The summed E-state index contributed by atoms with van der Waals surface area (Å²) in [7, 11) is 0. The highest BCUT2D eigenvalue weighted by molar-refractivity contribution is 6.00. The van der Waals surface area contributed by atoms with Crippen molar-refractivity contribution in [1.29, 1.82) is 0 Å². The zero-order valence-electron chi connectivity index (χ0n) is 26.3. The number of aromatic nitrogens is 4. The molecule has 1 aliphatic heterocycles. The maximum Gasteiger partial charge on any atom is 0.416 e. The quantitative estimate of drug-likeness (QED) is 0.166. The van der Waals surface area contributed by atoms with E-state index in [1.54, 1.807) is 12.3 Å². The van der Waals surface area contributed by atoms with Crippen molar-refractivity contribution in [1.82, 2.24) is 31.3 Å². The first kappa shape index (κ1) is 32.6. The fourth-order valence-electron chi connectivity index (χ4n) is 5.88. The molecule has 0 saturated carbocycles. The predicted molar refractivity (Wildman–Crippen MR) is 172 cm³/mol. The summed E-state index contributed by atoms with van der Waals surface area (Å²) in [6, 6.07) is 21.3. The van der Waals surface area contributed by atoms with Crippen LogP contribution in [0.1, 0.15) is 49.1 Å². The van der Waals surface area contributed by atoms with Crippen LogP contribution in [0.15, 0.2) is 89.5 Å². The first-order valence-corrected chi connectivity index (χ1v) is 15.5. The number of halogens is 3. The van der Waals surface area contributed by atoms with Crippen LogP contribution in [-0.2, 0) is 35.3 Å². The van der Waals surface area contributed by atoms with E-state index in [1.165, 1.54) is 11.0 Å². The largest absolute Gasteiger partial charge is 0.468 e. The number of rotatable bonds is 10. The minimum absolute atomic E-state index is 0.0649. The Labute approximate surface area is 274 Å². The summed E-state index contributed by atoms with van der Waals surface area (Å²) in [5.41, 5.74) is 2.66. The van der Waals surface area contributed by atoms with E-state index in [0.717, 1.165) is 40.1 Å². The number of anilines is 1. The number of hydrogen-bond acceptors (Lipinski definition) is 7. The molecule has 0 fully saturated rings. The molecule has 13 heteroatoms. The summed E-state index contributed by atoms with van der Waals surface area (Å²) < 4.78 is 46.4. The number of carbonyl (C=O) groups excluding carboxylic acids is 2. The molecule has 0 unspecified atom stereocenters. The van der Waals surface area contributed by atoms with Gasteiger partial charge in [-0.15, -0.1) is 10.2 Å². The average molecular weight is 658 g/mol. The monoisotopic (exact) mass is 657 g/mol. The first-order chi connectivity index (χ1) is 23.0. The third-order valence-corrected chi connectivity index (χ3v) is 8.34. The van der Waals surface area contributed by atoms with Gasteiger partial charge in [-0.2, -0.15) is 18.4 Å². The van der Waals surface area contributed by atoms with Crippen molar-refractivity contribution in [3.05, 3.63) is 108 Å². The van der Waals surface area contributed by atoms with Gasteiger partial charge < -0.3 is 20.0 Å². The Balaban J connectivity index is 1.23. The lowest BCUT2D eigenvalue weighted by Gasteiger charge is -2.29. The Bertz CT molecular complexity index is 1870. The minimum Gasteiger partial charge on any atom is -0.468 e. The fraction of sp³-hybridized carbons (Fsp3) is 0.286. The van der Waals surface area contributed by atoms with Gasteiger partial charge in [0.25, 0.3) is 0 Å². The summed E-state index contributed by atoms with van der Waals surface area (Å²) in [5, 5.41) is 20.5. The van der Waals surface area contributed by atoms with Crippen molar-refractivity contribution in [3.8, 4) is 22.5 Å². The number of aromatic amines is 1. The third-order valence-electron chi connectivity index (χ3n) is 8.34. The first-order valence-electron chi connectivity index (χ1n) is 15.5. The van der Waals surface area contributed by atoms with Gasteiger partial charge in [-0.05, 0) is 84.5 Å². The second-order valence-corrected chi connectivity index (χ2v) is 12.4. The number of alkyl halides is 3. The Kier molecular flexibility index (Phi) is 9.13. The van der Waals surface area contributed by atoms with Gasteiger partial charge in [-0.3, -0.25) is 9.59 Å². The lowest BCUT2D eigenvalue weighted by atomic mass is 9.98. The summed E-state index contributed by atoms with van der Waals surface area (Å²) in [6.07, 6.45) is -2.57. The molecule has 0 bridgehead atoms. The SMILES string of the molecule is CC(C)(CC(=O)N[C@@H]1CCc2cc(C(F)(F)F)ccc2N(Cc2ccc(-c3ccccc3-c3nn[nH]n3)cc2)C1=O)NCc1ccco1. The van der Waals surface area contributed by atoms with Crippen molar-refractivity contribution >= 4 is 17.5 Å². The minimum atomic E-state index is -4.54. The molecular formula is C35H34F3N7O3. The normalized spacial score (nSPS) is 15.2. The zero-order chi connectivity index (χ0) is 33.9. The summed E-state index contributed by atoms with van der Waals surface area (Å²) in [5.74, 6) is 0.425. The van der Waals surface area contributed by atoms with Crippen LogP contribution in [0.25, 0.3) is 22.5 Å². The van der Waals surface area contributed by atoms with Crippen LogP contribution in [0, 0.1) is 0 Å². The van der Waals surface area contributed by atoms with Crippen LogP contribution in [0.5, 0.6) is 0 Å². The van der Waals surface area contributed by atoms with Crippen molar-refractivity contribution < 1.29 is 27.2 Å². The standard InChI is InChI=1S/C35H34F3N7O3/c1-34(2,39-20-26-6-5-17-48-26)19-31(46)40-29-15-13-24-18-25(35(36,37)38)14-16-30(24)45(33(29)47)21-22-9-11-23(12-10-22)27-7-3-4-8-28(27)32-41-43-44-42-32/h3-12,14,16-18,29,39H,13,15,19-21H2,1-2H3,(H,40,46)(H,41,42,43,44)/t29-/m1/s1. The number of nitrogens with one attached hydrogen (secondary N) is 3. The molecule has 1 aliphatic rings. The number of tetrazole rings is 1. The molecule has 0 saturated heterocycles. The number of furan rings is 1. The van der Waals surface area contributed by atoms with Crippen LogP contribution in [0.2, 0.25) is 0 Å². The summed E-state index contributed by atoms with van der Waals surface area (Å²) >= 11 is 0. The Morgan fingerprint density at radius 1 is 1.02 bits per heavy atom. The van der Waals surface area contributed by atoms with Gasteiger partial charge in [0.15, 0.2) is 0 Å². The number of H-pyrrole nitrogens is 1. The number of amides is 2. The van der Waals surface area contributed by atoms with E-state index in [4.69, 9.17) is 4.42 Å². The lowest BCUT2D eigenvalue weighted by molar-refractivity contribution is -0.137. The van der Waals surface area contributed by atoms with Crippen LogP contribution in [-0.4, -0.2) is 44.0 Å². The molecule has 0 spiro atoms. The number of carbonyl (C=O) groups is 2. The maximum absolute atomic E-state index is 14.1. The highest BCUT2D eigenvalue weighted by atomic mass is 19.4. The molecular weight excluding hydrogens is 623 g/mol. The van der Waals surface area contributed by atoms with Gasteiger partial charge in [-0.1, -0.05) is 48.5 Å². The van der Waals surface area contributed by atoms with Gasteiger partial charge in [0.2, 0.25) is 17.6 Å². The van der Waals surface area contributed by atoms with Crippen LogP contribution >= 0.6 is 0 Å². The summed E-state index contributed by atoms with van der Waals surface area (Å²) in [4.78, 5) is 28.8. The van der Waals surface area contributed by atoms with Crippen molar-refractivity contribution in [3.63, 3.8) is 0 Å². The van der Waals surface area contributed by atoms with E-state index < -0.39 is 29.2 Å². The molecule has 2 amide bonds. The van der Waals surface area contributed by atoms with E-state index >= 15 is 0 Å². The van der Waals surface area contributed by atoms with E-state index in [1.807, 2.05) is 68.4 Å². The molecule has 5 aromatic rings. The Hall–Kier alpha value is -5.30. The van der Waals surface area contributed by atoms with Gasteiger partial charge in [0.05, 0.1) is 24.9 Å². The molecule has 6 rings (SSSR count). The highest BCUT2D eigenvalue weighted by Gasteiger charge is 2.36. The Morgan fingerprint density at radius 2 is 1.79 bits per heavy atom. The fourth-order valence-corrected chi connectivity index (χ4v) is 5.88. The molecule has 0 aliphatic carbocycles. The Morgan fingerprint density at radius 3 is 2.48 bits per heavy atom. The van der Waals surface area contributed by atoms with Gasteiger partial charge in [-0.25, -0.2) is 0 Å². The molecule has 2 aromatic heterocycles. The number of fused-ring (bicyclic) bond motifs is 1. The van der Waals surface area contributed by atoms with E-state index in [2.05, 4.69) is 31.3 Å². The van der Waals surface area contributed by atoms with E-state index in [-0.39, 0.29) is 31.7 Å². The van der Waals surface area contributed by atoms with Crippen molar-refractivity contribution in [2.75, 3.05) is 4.90 Å². The topological polar surface area (TPSA) is 129 Å². The van der Waals surface area contributed by atoms with Gasteiger partial charge in [0, 0.05) is 23.2 Å². The molecule has 48 heavy (non-hydrogen) atoms. The van der Waals surface area contributed by atoms with Crippen LogP contribution in [0.3, 0.4) is 0 Å². The highest BCUT2D eigenvalue weighted by Crippen LogP contribution is 2.36. The van der Waals surface area contributed by atoms with Gasteiger partial charge >= 0.3 is 6.18 Å². The zero-order valence-corrected chi connectivity index (χ0v) is 26.3. The van der Waals surface area contributed by atoms with Crippen LogP contribution < -0.4 is 15.5 Å². The number of benzene rings is 3. The number of aryl methyl sites for hydroxylation is 1. The number of nitrogens with zero attached hydrogens (tertiary/aromatic N) is 4. The second kappa shape index (κ2) is 13.4. The predicted octanol–water partition coefficient (Wildman–Crippen LogP) is 6.07. The summed E-state index contributed by atoms with van der Waals surface area (Å²) in [6.45, 7) is 4.25. The average Bonchev–Trinajstić information content (AvgIpc) is 3.78. The van der Waals surface area contributed by atoms with E-state index in [0.29, 0.717) is 23.6 Å². The molecule has 248 valence electrons. The molecule has 3 N–H and O–H groups in total. The second-order valence-electron chi connectivity index (χ2n) is 12.4. The third kappa shape index (κ3) is 7.46. The molecule has 0 radical (unpaired) electrons. The lowest BCUT2D eigenvalue weighted by Crippen LogP contribution is -2.50. The van der Waals surface area contributed by atoms with Crippen molar-refractivity contribution in [2.45, 2.75) is 64.0 Å². The van der Waals surface area contributed by atoms with Gasteiger partial charge in [0.1, 0.15) is 11.8 Å². The molecule has 1 atom stereocenters.